The third kappa shape index (κ3) is 2.92. The van der Waals surface area contributed by atoms with Gasteiger partial charge in [0.15, 0.2) is 0 Å². The molecular weight excluding hydrogens is 188 g/mol. The number of ether oxygens (including phenoxy) is 1. The van der Waals surface area contributed by atoms with Crippen LogP contribution < -0.4 is 5.73 Å². The summed E-state index contributed by atoms with van der Waals surface area (Å²) in [5.41, 5.74) is 6.07. The Bertz CT molecular complexity index is 186. The van der Waals surface area contributed by atoms with Crippen molar-refractivity contribution in [1.82, 2.24) is 4.90 Å². The van der Waals surface area contributed by atoms with Crippen LogP contribution in [0.2, 0.25) is 0 Å². The van der Waals surface area contributed by atoms with Crippen LogP contribution in [0.4, 0.5) is 0 Å². The first-order valence-electron chi connectivity index (χ1n) is 6.26. The average molecular weight is 212 g/mol. The van der Waals surface area contributed by atoms with Gasteiger partial charge in [-0.05, 0) is 31.1 Å². The van der Waals surface area contributed by atoms with Crippen molar-refractivity contribution in [3.63, 3.8) is 0 Å². The summed E-state index contributed by atoms with van der Waals surface area (Å²) in [5, 5.41) is 0. The number of nitrogens with zero attached hydrogens (tertiary/aromatic N) is 1. The maximum Gasteiger partial charge on any atom is 0.0477 e. The van der Waals surface area contributed by atoms with Crippen molar-refractivity contribution in [2.75, 3.05) is 33.4 Å². The van der Waals surface area contributed by atoms with Gasteiger partial charge in [0.25, 0.3) is 0 Å². The van der Waals surface area contributed by atoms with E-state index in [1.54, 1.807) is 7.11 Å². The highest BCUT2D eigenvalue weighted by atomic mass is 16.5. The number of hydrogen-bond donors (Lipinski definition) is 1. The third-order valence-corrected chi connectivity index (χ3v) is 3.99. The quantitative estimate of drug-likeness (QED) is 0.741. The van der Waals surface area contributed by atoms with E-state index in [-0.39, 0.29) is 0 Å². The van der Waals surface area contributed by atoms with E-state index in [2.05, 4.69) is 4.90 Å². The van der Waals surface area contributed by atoms with Gasteiger partial charge in [0.1, 0.15) is 0 Å². The molecule has 0 aromatic carbocycles. The summed E-state index contributed by atoms with van der Waals surface area (Å²) in [4.78, 5) is 2.56. The second kappa shape index (κ2) is 5.28. The molecule has 1 aliphatic heterocycles. The van der Waals surface area contributed by atoms with Crippen molar-refractivity contribution in [2.24, 2.45) is 17.6 Å². The summed E-state index contributed by atoms with van der Waals surface area (Å²) in [7, 11) is 1.74. The minimum absolute atomic E-state index is 0.295. The van der Waals surface area contributed by atoms with Gasteiger partial charge in [-0.3, -0.25) is 0 Å². The van der Waals surface area contributed by atoms with Crippen LogP contribution in [0.5, 0.6) is 0 Å². The Morgan fingerprint density at radius 2 is 2.00 bits per heavy atom. The number of likely N-dealkylation sites (tertiary alicyclic amines) is 1. The molecule has 2 rings (SSSR count). The van der Waals surface area contributed by atoms with E-state index in [1.807, 2.05) is 0 Å². The van der Waals surface area contributed by atoms with Crippen molar-refractivity contribution in [1.29, 1.82) is 0 Å². The predicted molar refractivity (Wildman–Crippen MR) is 61.7 cm³/mol. The second-order valence-corrected chi connectivity index (χ2v) is 5.21. The monoisotopic (exact) mass is 212 g/mol. The minimum atomic E-state index is 0.295. The Morgan fingerprint density at radius 1 is 1.33 bits per heavy atom. The van der Waals surface area contributed by atoms with Crippen molar-refractivity contribution in [3.05, 3.63) is 0 Å². The summed E-state index contributed by atoms with van der Waals surface area (Å²) >= 11 is 0. The highest BCUT2D eigenvalue weighted by molar-refractivity contribution is 4.89. The highest BCUT2D eigenvalue weighted by Gasteiger charge is 2.36. The summed E-state index contributed by atoms with van der Waals surface area (Å²) in [6.07, 6.45) is 5.35. The molecule has 3 heteroatoms. The Hall–Kier alpha value is -0.120. The van der Waals surface area contributed by atoms with Crippen molar-refractivity contribution < 1.29 is 4.74 Å². The molecule has 2 N–H and O–H groups in total. The molecule has 1 saturated carbocycles. The molecule has 3 unspecified atom stereocenters. The summed E-state index contributed by atoms with van der Waals surface area (Å²) < 4.78 is 5.05. The van der Waals surface area contributed by atoms with E-state index in [9.17, 15) is 0 Å². The second-order valence-electron chi connectivity index (χ2n) is 5.21. The Kier molecular flexibility index (Phi) is 4.00. The van der Waals surface area contributed by atoms with Crippen LogP contribution in [0.15, 0.2) is 0 Å². The Labute approximate surface area is 93.0 Å². The molecule has 1 aliphatic carbocycles. The first-order chi connectivity index (χ1) is 7.29. The molecule has 3 nitrogen and oxygen atoms in total. The van der Waals surface area contributed by atoms with Gasteiger partial charge in [-0.15, -0.1) is 0 Å². The van der Waals surface area contributed by atoms with Crippen LogP contribution >= 0.6 is 0 Å². The molecule has 3 atom stereocenters. The van der Waals surface area contributed by atoms with Crippen molar-refractivity contribution in [3.8, 4) is 0 Å². The molecule has 0 bridgehead atoms. The SMILES string of the molecule is COCCC(N)CN1CC2CCCC2C1. The van der Waals surface area contributed by atoms with E-state index in [4.69, 9.17) is 10.5 Å². The molecule has 2 fully saturated rings. The lowest BCUT2D eigenvalue weighted by molar-refractivity contribution is 0.178. The van der Waals surface area contributed by atoms with E-state index in [0.29, 0.717) is 6.04 Å². The highest BCUT2D eigenvalue weighted by Crippen LogP contribution is 2.37. The van der Waals surface area contributed by atoms with Crippen molar-refractivity contribution in [2.45, 2.75) is 31.7 Å². The topological polar surface area (TPSA) is 38.5 Å². The first kappa shape index (κ1) is 11.4. The number of methoxy groups -OCH3 is 1. The maximum absolute atomic E-state index is 6.07. The van der Waals surface area contributed by atoms with Crippen LogP contribution in [0.25, 0.3) is 0 Å². The predicted octanol–water partition coefficient (Wildman–Crippen LogP) is 1.08. The summed E-state index contributed by atoms with van der Waals surface area (Å²) in [6, 6.07) is 0.295. The molecule has 0 aromatic heterocycles. The standard InChI is InChI=1S/C12H24N2O/c1-15-6-5-12(13)9-14-7-10-3-2-4-11(10)8-14/h10-12H,2-9,13H2,1H3. The van der Waals surface area contributed by atoms with Crippen LogP contribution in [0, 0.1) is 11.8 Å². The largest absolute Gasteiger partial charge is 0.385 e. The first-order valence-corrected chi connectivity index (χ1v) is 6.26. The molecule has 88 valence electrons. The van der Waals surface area contributed by atoms with Crippen LogP contribution in [-0.4, -0.2) is 44.3 Å². The van der Waals surface area contributed by atoms with Gasteiger partial charge in [-0.25, -0.2) is 0 Å². The van der Waals surface area contributed by atoms with Crippen LogP contribution in [0.1, 0.15) is 25.7 Å². The number of nitrogens with two attached hydrogens (primary N) is 1. The zero-order chi connectivity index (χ0) is 10.7. The van der Waals surface area contributed by atoms with Gasteiger partial charge in [-0.2, -0.15) is 0 Å². The smallest absolute Gasteiger partial charge is 0.0477 e. The zero-order valence-electron chi connectivity index (χ0n) is 9.82. The zero-order valence-corrected chi connectivity index (χ0v) is 9.82. The third-order valence-electron chi connectivity index (χ3n) is 3.99. The van der Waals surface area contributed by atoms with Gasteiger partial charge in [0.05, 0.1) is 0 Å². The van der Waals surface area contributed by atoms with E-state index < -0.39 is 0 Å². The molecule has 0 spiro atoms. The molecule has 0 aromatic rings. The van der Waals surface area contributed by atoms with Crippen molar-refractivity contribution >= 4 is 0 Å². The molecule has 15 heavy (non-hydrogen) atoms. The molecule has 2 aliphatic rings. The fourth-order valence-corrected chi connectivity index (χ4v) is 3.17. The van der Waals surface area contributed by atoms with Crippen LogP contribution in [-0.2, 0) is 4.74 Å². The lowest BCUT2D eigenvalue weighted by Gasteiger charge is -2.21. The van der Waals surface area contributed by atoms with E-state index >= 15 is 0 Å². The van der Waals surface area contributed by atoms with Crippen LogP contribution in [0.3, 0.4) is 0 Å². The molecule has 1 saturated heterocycles. The van der Waals surface area contributed by atoms with Gasteiger partial charge >= 0.3 is 0 Å². The molecule has 1 heterocycles. The Balaban J connectivity index is 1.68. The lowest BCUT2D eigenvalue weighted by atomic mass is 10.0. The van der Waals surface area contributed by atoms with E-state index in [0.717, 1.165) is 31.4 Å². The normalized spacial score (nSPS) is 33.2. The van der Waals surface area contributed by atoms with E-state index in [1.165, 1.54) is 32.4 Å². The summed E-state index contributed by atoms with van der Waals surface area (Å²) in [6.45, 7) is 4.45. The number of rotatable bonds is 5. The molecular formula is C12H24N2O. The maximum atomic E-state index is 6.07. The van der Waals surface area contributed by atoms with Gasteiger partial charge in [0.2, 0.25) is 0 Å². The number of fused-ring (bicyclic) bond motifs is 1. The van der Waals surface area contributed by atoms with Gasteiger partial charge in [0, 0.05) is 39.4 Å². The minimum Gasteiger partial charge on any atom is -0.385 e. The average Bonchev–Trinajstić information content (AvgIpc) is 2.74. The Morgan fingerprint density at radius 3 is 2.60 bits per heavy atom. The molecule has 0 radical (unpaired) electrons. The fraction of sp³-hybridized carbons (Fsp3) is 1.00. The van der Waals surface area contributed by atoms with Gasteiger partial charge in [-0.1, -0.05) is 6.42 Å². The lowest BCUT2D eigenvalue weighted by Crippen LogP contribution is -2.37. The fourth-order valence-electron chi connectivity index (χ4n) is 3.17. The number of hydrogen-bond acceptors (Lipinski definition) is 3. The molecule has 0 amide bonds. The summed E-state index contributed by atoms with van der Waals surface area (Å²) in [5.74, 6) is 1.97. The van der Waals surface area contributed by atoms with Gasteiger partial charge < -0.3 is 15.4 Å².